The number of hydrogen-bond donors (Lipinski definition) is 1. The molecule has 2 rings (SSSR count). The van der Waals surface area contributed by atoms with E-state index in [9.17, 15) is 0 Å². The van der Waals surface area contributed by atoms with E-state index in [0.717, 1.165) is 16.0 Å². The van der Waals surface area contributed by atoms with Crippen molar-refractivity contribution in [3.05, 3.63) is 28.2 Å². The Morgan fingerprint density at radius 3 is 3.12 bits per heavy atom. The van der Waals surface area contributed by atoms with E-state index in [0.29, 0.717) is 5.95 Å². The van der Waals surface area contributed by atoms with E-state index >= 15 is 0 Å². The van der Waals surface area contributed by atoms with Gasteiger partial charge in [0, 0.05) is 12.7 Å². The van der Waals surface area contributed by atoms with E-state index in [1.54, 1.807) is 29.3 Å². The van der Waals surface area contributed by atoms with Crippen LogP contribution in [0.3, 0.4) is 0 Å². The Kier molecular flexibility index (Phi) is 4.20. The van der Waals surface area contributed by atoms with E-state index in [-0.39, 0.29) is 0 Å². The molecule has 2 heterocycles. The molecule has 0 atom stereocenters. The van der Waals surface area contributed by atoms with Gasteiger partial charge in [0.2, 0.25) is 5.95 Å². The van der Waals surface area contributed by atoms with Crippen LogP contribution in [-0.4, -0.2) is 16.5 Å². The molecule has 0 aromatic carbocycles. The molecule has 1 N–H and O–H groups in total. The molecular weight excluding hydrogens is 306 g/mol. The Bertz CT molecular complexity index is 459. The lowest BCUT2D eigenvalue weighted by Crippen LogP contribution is -2.02. The molecule has 84 valence electrons. The number of hydrogen-bond acceptors (Lipinski definition) is 5. The molecule has 0 saturated carbocycles. The predicted molar refractivity (Wildman–Crippen MR) is 72.3 cm³/mol. The lowest BCUT2D eigenvalue weighted by Gasteiger charge is -2.05. The fourth-order valence-electron chi connectivity index (χ4n) is 1.08. The van der Waals surface area contributed by atoms with Crippen molar-refractivity contribution >= 4 is 45.0 Å². The molecule has 0 aliphatic heterocycles. The van der Waals surface area contributed by atoms with Crippen LogP contribution in [0.15, 0.2) is 37.4 Å². The summed E-state index contributed by atoms with van der Waals surface area (Å²) >= 11 is 6.81. The monoisotopic (exact) mass is 315 g/mol. The molecule has 0 aliphatic carbocycles. The average molecular weight is 316 g/mol. The Morgan fingerprint density at radius 2 is 2.44 bits per heavy atom. The molecule has 3 nitrogen and oxygen atoms in total. The summed E-state index contributed by atoms with van der Waals surface area (Å²) in [6.07, 6.45) is 1.78. The van der Waals surface area contributed by atoms with Gasteiger partial charge in [-0.25, -0.2) is 9.97 Å². The summed E-state index contributed by atoms with van der Waals surface area (Å²) < 4.78 is 2.15. The number of aromatic nitrogens is 2. The van der Waals surface area contributed by atoms with Crippen LogP contribution in [0.5, 0.6) is 0 Å². The fourth-order valence-corrected chi connectivity index (χ4v) is 3.18. The second-order valence-electron chi connectivity index (χ2n) is 2.91. The van der Waals surface area contributed by atoms with Crippen molar-refractivity contribution in [2.75, 3.05) is 11.9 Å². The van der Waals surface area contributed by atoms with Crippen LogP contribution >= 0.6 is 39.0 Å². The first-order valence-corrected chi connectivity index (χ1v) is 7.26. The third-order valence-electron chi connectivity index (χ3n) is 1.74. The highest BCUT2D eigenvalue weighted by Gasteiger charge is 2.07. The summed E-state index contributed by atoms with van der Waals surface area (Å²) in [6, 6.07) is 4.12. The minimum atomic E-state index is 0.671. The normalized spacial score (nSPS) is 10.4. The minimum Gasteiger partial charge on any atom is -0.354 e. The van der Waals surface area contributed by atoms with Crippen LogP contribution in [-0.2, 0) is 0 Å². The quantitative estimate of drug-likeness (QED) is 0.869. The molecule has 0 fully saturated rings. The second kappa shape index (κ2) is 5.65. The third kappa shape index (κ3) is 2.96. The highest BCUT2D eigenvalue weighted by atomic mass is 79.9. The molecule has 0 radical (unpaired) electrons. The lowest BCUT2D eigenvalue weighted by molar-refractivity contribution is 1.000. The van der Waals surface area contributed by atoms with Gasteiger partial charge in [0.1, 0.15) is 5.03 Å². The smallest absolute Gasteiger partial charge is 0.223 e. The van der Waals surface area contributed by atoms with E-state index in [1.807, 2.05) is 13.0 Å². The first-order chi connectivity index (χ1) is 7.79. The summed E-state index contributed by atoms with van der Waals surface area (Å²) in [5.41, 5.74) is 0. The molecular formula is C10H10BrN3S2. The van der Waals surface area contributed by atoms with Gasteiger partial charge in [-0.2, -0.15) is 0 Å². The van der Waals surface area contributed by atoms with E-state index in [2.05, 4.69) is 42.7 Å². The zero-order valence-electron chi connectivity index (χ0n) is 8.61. The number of anilines is 1. The predicted octanol–water partition coefficient (Wildman–Crippen LogP) is 3.88. The molecule has 0 bridgehead atoms. The van der Waals surface area contributed by atoms with Crippen molar-refractivity contribution in [1.29, 1.82) is 0 Å². The summed E-state index contributed by atoms with van der Waals surface area (Å²) in [5, 5.41) is 6.10. The average Bonchev–Trinajstić information content (AvgIpc) is 2.76. The third-order valence-corrected chi connectivity index (χ3v) is 4.62. The standard InChI is InChI=1S/C10H10BrN3S2/c1-2-12-10-13-6-7(11)9(14-10)16-8-4-3-5-15-8/h3-6H,2H2,1H3,(H,12,13,14). The van der Waals surface area contributed by atoms with Crippen LogP contribution in [0, 0.1) is 0 Å². The van der Waals surface area contributed by atoms with Gasteiger partial charge in [0.25, 0.3) is 0 Å². The highest BCUT2D eigenvalue weighted by Crippen LogP contribution is 2.34. The Labute approximate surface area is 111 Å². The van der Waals surface area contributed by atoms with Crippen LogP contribution in [0.4, 0.5) is 5.95 Å². The Morgan fingerprint density at radius 1 is 1.56 bits per heavy atom. The maximum Gasteiger partial charge on any atom is 0.223 e. The van der Waals surface area contributed by atoms with Gasteiger partial charge in [-0.1, -0.05) is 17.8 Å². The molecule has 16 heavy (non-hydrogen) atoms. The van der Waals surface area contributed by atoms with Crippen LogP contribution in [0.1, 0.15) is 6.92 Å². The van der Waals surface area contributed by atoms with E-state index in [1.165, 1.54) is 4.21 Å². The van der Waals surface area contributed by atoms with Gasteiger partial charge < -0.3 is 5.32 Å². The van der Waals surface area contributed by atoms with Crippen LogP contribution in [0.2, 0.25) is 0 Å². The number of nitrogens with zero attached hydrogens (tertiary/aromatic N) is 2. The van der Waals surface area contributed by atoms with E-state index < -0.39 is 0 Å². The molecule has 0 aliphatic rings. The highest BCUT2D eigenvalue weighted by molar-refractivity contribution is 9.10. The molecule has 0 amide bonds. The summed E-state index contributed by atoms with van der Waals surface area (Å²) in [5.74, 6) is 0.671. The van der Waals surface area contributed by atoms with Gasteiger partial charge in [0.15, 0.2) is 0 Å². The first-order valence-electron chi connectivity index (χ1n) is 4.77. The van der Waals surface area contributed by atoms with Crippen molar-refractivity contribution in [3.63, 3.8) is 0 Å². The minimum absolute atomic E-state index is 0.671. The zero-order valence-corrected chi connectivity index (χ0v) is 11.8. The van der Waals surface area contributed by atoms with Crippen LogP contribution < -0.4 is 5.32 Å². The Hall–Kier alpha value is -0.590. The molecule has 2 aromatic rings. The molecule has 6 heteroatoms. The van der Waals surface area contributed by atoms with E-state index in [4.69, 9.17) is 0 Å². The topological polar surface area (TPSA) is 37.8 Å². The largest absolute Gasteiger partial charge is 0.354 e. The number of thiophene rings is 1. The summed E-state index contributed by atoms with van der Waals surface area (Å²) in [7, 11) is 0. The molecule has 0 unspecified atom stereocenters. The van der Waals surface area contributed by atoms with Crippen molar-refractivity contribution in [1.82, 2.24) is 9.97 Å². The SMILES string of the molecule is CCNc1ncc(Br)c(Sc2cccs2)n1. The number of rotatable bonds is 4. The van der Waals surface area contributed by atoms with Gasteiger partial charge in [0.05, 0.1) is 8.68 Å². The van der Waals surface area contributed by atoms with Crippen molar-refractivity contribution in [3.8, 4) is 0 Å². The molecule has 0 saturated heterocycles. The lowest BCUT2D eigenvalue weighted by atomic mass is 10.6. The maximum atomic E-state index is 4.44. The van der Waals surface area contributed by atoms with Gasteiger partial charge in [-0.3, -0.25) is 0 Å². The van der Waals surface area contributed by atoms with Crippen molar-refractivity contribution in [2.45, 2.75) is 16.2 Å². The van der Waals surface area contributed by atoms with Gasteiger partial charge in [-0.05, 0) is 34.3 Å². The molecule has 0 spiro atoms. The number of halogens is 1. The second-order valence-corrected chi connectivity index (χ2v) is 6.00. The van der Waals surface area contributed by atoms with Gasteiger partial charge >= 0.3 is 0 Å². The van der Waals surface area contributed by atoms with Gasteiger partial charge in [-0.15, -0.1) is 11.3 Å². The number of nitrogens with one attached hydrogen (secondary N) is 1. The maximum absolute atomic E-state index is 4.44. The summed E-state index contributed by atoms with van der Waals surface area (Å²) in [6.45, 7) is 2.85. The van der Waals surface area contributed by atoms with Crippen molar-refractivity contribution < 1.29 is 0 Å². The van der Waals surface area contributed by atoms with Crippen molar-refractivity contribution in [2.24, 2.45) is 0 Å². The molecule has 2 aromatic heterocycles. The zero-order chi connectivity index (χ0) is 11.4. The first kappa shape index (κ1) is 11.9. The van der Waals surface area contributed by atoms with Crippen LogP contribution in [0.25, 0.3) is 0 Å². The Balaban J connectivity index is 2.21. The fraction of sp³-hybridized carbons (Fsp3) is 0.200. The summed E-state index contributed by atoms with van der Waals surface area (Å²) in [4.78, 5) is 8.62.